The van der Waals surface area contributed by atoms with Gasteiger partial charge in [0.2, 0.25) is 5.91 Å². The highest BCUT2D eigenvalue weighted by molar-refractivity contribution is 9.10. The number of halogens is 1. The Morgan fingerprint density at radius 3 is 2.76 bits per heavy atom. The molecule has 0 saturated carbocycles. The molecule has 3 nitrogen and oxygen atoms in total. The van der Waals surface area contributed by atoms with Gasteiger partial charge in [0.15, 0.2) is 0 Å². The molecule has 114 valence electrons. The summed E-state index contributed by atoms with van der Waals surface area (Å²) in [5, 5.41) is 3.02. The summed E-state index contributed by atoms with van der Waals surface area (Å²) in [5.41, 5.74) is 1.08. The number of hydrogen-bond acceptors (Lipinski definition) is 3. The average molecular weight is 387 g/mol. The van der Waals surface area contributed by atoms with E-state index < -0.39 is 0 Å². The standard InChI is InChI=1S/C15H19BrN2OS2/c1-11(12-6-2-3-7-13(12)16)17-14(19)10-21-15(20)18-8-4-5-9-18/h2-3,6-7,11H,4-5,8-10H2,1H3,(H,17,19)/t11-/m0/s1. The quantitative estimate of drug-likeness (QED) is 0.798. The molecular weight excluding hydrogens is 368 g/mol. The highest BCUT2D eigenvalue weighted by Crippen LogP contribution is 2.23. The zero-order valence-corrected chi connectivity index (χ0v) is 15.2. The van der Waals surface area contributed by atoms with Crippen LogP contribution in [0.5, 0.6) is 0 Å². The number of carbonyl (C=O) groups excluding carboxylic acids is 1. The number of nitrogens with one attached hydrogen (secondary N) is 1. The summed E-state index contributed by atoms with van der Waals surface area (Å²) in [6, 6.07) is 7.91. The SMILES string of the molecule is C[C@H](NC(=O)CSC(=S)N1CCCC1)c1ccccc1Br. The first kappa shape index (κ1) is 16.8. The molecule has 1 amide bonds. The largest absolute Gasteiger partial charge is 0.358 e. The number of carbonyl (C=O) groups is 1. The second kappa shape index (κ2) is 8.15. The Hall–Kier alpha value is -0.590. The van der Waals surface area contributed by atoms with Gasteiger partial charge in [-0.25, -0.2) is 0 Å². The van der Waals surface area contributed by atoms with E-state index in [2.05, 4.69) is 26.1 Å². The molecule has 1 N–H and O–H groups in total. The fourth-order valence-electron chi connectivity index (χ4n) is 2.31. The van der Waals surface area contributed by atoms with Crippen LogP contribution < -0.4 is 5.32 Å². The summed E-state index contributed by atoms with van der Waals surface area (Å²) in [5.74, 6) is 0.397. The molecule has 0 radical (unpaired) electrons. The van der Waals surface area contributed by atoms with Crippen molar-refractivity contribution in [3.8, 4) is 0 Å². The van der Waals surface area contributed by atoms with E-state index >= 15 is 0 Å². The Balaban J connectivity index is 1.79. The highest BCUT2D eigenvalue weighted by atomic mass is 79.9. The number of rotatable bonds is 4. The van der Waals surface area contributed by atoms with E-state index in [0.29, 0.717) is 5.75 Å². The van der Waals surface area contributed by atoms with Crippen LogP contribution in [0.25, 0.3) is 0 Å². The Bertz CT molecular complexity index is 518. The predicted molar refractivity (Wildman–Crippen MR) is 96.6 cm³/mol. The molecule has 0 aliphatic carbocycles. The fourth-order valence-corrected chi connectivity index (χ4v) is 4.00. The number of thiocarbonyl (C=S) groups is 1. The van der Waals surface area contributed by atoms with Gasteiger partial charge in [-0.1, -0.05) is 58.1 Å². The minimum absolute atomic E-state index is 0.0183. The van der Waals surface area contributed by atoms with E-state index in [1.807, 2.05) is 31.2 Å². The predicted octanol–water partition coefficient (Wildman–Crippen LogP) is 3.74. The molecule has 0 unspecified atom stereocenters. The van der Waals surface area contributed by atoms with E-state index in [-0.39, 0.29) is 11.9 Å². The Labute approximate surface area is 144 Å². The van der Waals surface area contributed by atoms with E-state index in [1.165, 1.54) is 24.6 Å². The Kier molecular flexibility index (Phi) is 6.51. The molecule has 2 rings (SSSR count). The van der Waals surface area contributed by atoms with Crippen molar-refractivity contribution in [2.24, 2.45) is 0 Å². The molecule has 0 bridgehead atoms. The zero-order chi connectivity index (χ0) is 15.2. The second-order valence-corrected chi connectivity index (χ2v) is 7.52. The Morgan fingerprint density at radius 2 is 2.10 bits per heavy atom. The van der Waals surface area contributed by atoms with Crippen LogP contribution in [0.1, 0.15) is 31.4 Å². The minimum atomic E-state index is -0.0194. The molecule has 0 aromatic heterocycles. The van der Waals surface area contributed by atoms with Gasteiger partial charge in [-0.3, -0.25) is 4.79 Å². The van der Waals surface area contributed by atoms with Crippen LogP contribution in [0.3, 0.4) is 0 Å². The molecule has 1 aliphatic rings. The number of benzene rings is 1. The maximum atomic E-state index is 12.0. The molecule has 1 aromatic carbocycles. The molecule has 1 aromatic rings. The summed E-state index contributed by atoms with van der Waals surface area (Å²) in [4.78, 5) is 14.2. The van der Waals surface area contributed by atoms with Crippen LogP contribution in [0, 0.1) is 0 Å². The molecule has 1 fully saturated rings. The number of amides is 1. The van der Waals surface area contributed by atoms with Gasteiger partial charge >= 0.3 is 0 Å². The number of nitrogens with zero attached hydrogens (tertiary/aromatic N) is 1. The van der Waals surface area contributed by atoms with Crippen LogP contribution in [0.2, 0.25) is 0 Å². The minimum Gasteiger partial charge on any atom is -0.358 e. The molecule has 6 heteroatoms. The van der Waals surface area contributed by atoms with E-state index in [0.717, 1.165) is 27.4 Å². The first-order chi connectivity index (χ1) is 10.1. The lowest BCUT2D eigenvalue weighted by atomic mass is 10.1. The van der Waals surface area contributed by atoms with E-state index in [1.54, 1.807) is 0 Å². The summed E-state index contributed by atoms with van der Waals surface area (Å²) in [7, 11) is 0. The summed E-state index contributed by atoms with van der Waals surface area (Å²) in [6.45, 7) is 4.04. The van der Waals surface area contributed by atoms with Gasteiger partial charge in [-0.2, -0.15) is 0 Å². The molecule has 1 heterocycles. The van der Waals surface area contributed by atoms with Gasteiger partial charge in [0.25, 0.3) is 0 Å². The highest BCUT2D eigenvalue weighted by Gasteiger charge is 2.17. The van der Waals surface area contributed by atoms with Crippen LogP contribution in [-0.4, -0.2) is 34.0 Å². The molecule has 1 saturated heterocycles. The second-order valence-electron chi connectivity index (χ2n) is 5.06. The third-order valence-electron chi connectivity index (χ3n) is 3.44. The normalized spacial score (nSPS) is 15.8. The summed E-state index contributed by atoms with van der Waals surface area (Å²) < 4.78 is 1.86. The van der Waals surface area contributed by atoms with Crippen molar-refractivity contribution in [3.05, 3.63) is 34.3 Å². The smallest absolute Gasteiger partial charge is 0.230 e. The molecular formula is C15H19BrN2OS2. The van der Waals surface area contributed by atoms with Crippen LogP contribution in [0.15, 0.2) is 28.7 Å². The maximum Gasteiger partial charge on any atom is 0.230 e. The van der Waals surface area contributed by atoms with Crippen molar-refractivity contribution in [1.29, 1.82) is 0 Å². The van der Waals surface area contributed by atoms with Crippen LogP contribution in [-0.2, 0) is 4.79 Å². The van der Waals surface area contributed by atoms with E-state index in [4.69, 9.17) is 12.2 Å². The number of thioether (sulfide) groups is 1. The number of hydrogen-bond donors (Lipinski definition) is 1. The van der Waals surface area contributed by atoms with Crippen molar-refractivity contribution in [2.45, 2.75) is 25.8 Å². The van der Waals surface area contributed by atoms with Crippen molar-refractivity contribution < 1.29 is 4.79 Å². The third-order valence-corrected chi connectivity index (χ3v) is 5.69. The lowest BCUT2D eigenvalue weighted by Gasteiger charge is -2.19. The third kappa shape index (κ3) is 4.97. The van der Waals surface area contributed by atoms with Gasteiger partial charge in [0.1, 0.15) is 4.32 Å². The molecule has 21 heavy (non-hydrogen) atoms. The van der Waals surface area contributed by atoms with Gasteiger partial charge in [0, 0.05) is 17.6 Å². The van der Waals surface area contributed by atoms with Crippen molar-refractivity contribution in [3.63, 3.8) is 0 Å². The summed E-state index contributed by atoms with van der Waals surface area (Å²) in [6.07, 6.45) is 2.40. The average Bonchev–Trinajstić information content (AvgIpc) is 2.99. The van der Waals surface area contributed by atoms with Crippen LogP contribution >= 0.6 is 39.9 Å². The first-order valence-electron chi connectivity index (χ1n) is 7.03. The van der Waals surface area contributed by atoms with Gasteiger partial charge < -0.3 is 10.2 Å². The van der Waals surface area contributed by atoms with Gasteiger partial charge in [0.05, 0.1) is 11.8 Å². The number of likely N-dealkylation sites (tertiary alicyclic amines) is 1. The fraction of sp³-hybridized carbons (Fsp3) is 0.467. The van der Waals surface area contributed by atoms with Crippen molar-refractivity contribution >= 4 is 50.1 Å². The maximum absolute atomic E-state index is 12.0. The monoisotopic (exact) mass is 386 g/mol. The molecule has 1 aliphatic heterocycles. The first-order valence-corrected chi connectivity index (χ1v) is 9.22. The Morgan fingerprint density at radius 1 is 1.43 bits per heavy atom. The van der Waals surface area contributed by atoms with Gasteiger partial charge in [-0.05, 0) is 31.4 Å². The van der Waals surface area contributed by atoms with Gasteiger partial charge in [-0.15, -0.1) is 0 Å². The van der Waals surface area contributed by atoms with Crippen molar-refractivity contribution in [1.82, 2.24) is 10.2 Å². The topological polar surface area (TPSA) is 32.3 Å². The van der Waals surface area contributed by atoms with Crippen molar-refractivity contribution in [2.75, 3.05) is 18.8 Å². The summed E-state index contributed by atoms with van der Waals surface area (Å²) >= 11 is 10.3. The molecule has 0 spiro atoms. The zero-order valence-electron chi connectivity index (χ0n) is 12.0. The van der Waals surface area contributed by atoms with E-state index in [9.17, 15) is 4.79 Å². The molecule has 1 atom stereocenters. The van der Waals surface area contributed by atoms with Crippen LogP contribution in [0.4, 0.5) is 0 Å². The lowest BCUT2D eigenvalue weighted by molar-refractivity contribution is -0.119. The lowest BCUT2D eigenvalue weighted by Crippen LogP contribution is -2.30.